The molecule has 1 N–H and O–H groups in total. The lowest BCUT2D eigenvalue weighted by Gasteiger charge is -2.27. The van der Waals surface area contributed by atoms with Crippen molar-refractivity contribution in [2.24, 2.45) is 5.92 Å². The van der Waals surface area contributed by atoms with Gasteiger partial charge >= 0.3 is 0 Å². The summed E-state index contributed by atoms with van der Waals surface area (Å²) in [7, 11) is 0. The zero-order chi connectivity index (χ0) is 21.3. The second kappa shape index (κ2) is 11.2. The summed E-state index contributed by atoms with van der Waals surface area (Å²) >= 11 is 0. The van der Waals surface area contributed by atoms with E-state index in [4.69, 9.17) is 14.2 Å². The molecule has 1 aliphatic rings. The Hall–Kier alpha value is -2.50. The Morgan fingerprint density at radius 2 is 1.00 bits per heavy atom. The average Bonchev–Trinajstić information content (AvgIpc) is 3.18. The second-order valence-electron chi connectivity index (χ2n) is 8.04. The number of aliphatic hydroxyl groups is 1. The first-order valence-electron chi connectivity index (χ1n) is 10.9. The molecule has 1 fully saturated rings. The van der Waals surface area contributed by atoms with Gasteiger partial charge in [-0.15, -0.1) is 0 Å². The summed E-state index contributed by atoms with van der Waals surface area (Å²) in [5.74, 6) is -0.0229. The Morgan fingerprint density at radius 1 is 0.581 bits per heavy atom. The minimum Gasteiger partial charge on any atom is -0.396 e. The van der Waals surface area contributed by atoms with Gasteiger partial charge in [-0.1, -0.05) is 91.0 Å². The van der Waals surface area contributed by atoms with E-state index in [0.29, 0.717) is 26.2 Å². The number of benzene rings is 3. The highest BCUT2D eigenvalue weighted by Crippen LogP contribution is 2.35. The Labute approximate surface area is 184 Å². The minimum absolute atomic E-state index is 0.0229. The highest BCUT2D eigenvalue weighted by Gasteiger charge is 2.45. The smallest absolute Gasteiger partial charge is 0.111 e. The van der Waals surface area contributed by atoms with Crippen LogP contribution in [0.5, 0.6) is 0 Å². The fourth-order valence-electron chi connectivity index (χ4n) is 4.13. The second-order valence-corrected chi connectivity index (χ2v) is 8.04. The molecule has 3 aromatic carbocycles. The van der Waals surface area contributed by atoms with Crippen LogP contribution in [0.1, 0.15) is 23.1 Å². The summed E-state index contributed by atoms with van der Waals surface area (Å²) in [5.41, 5.74) is 3.34. The summed E-state index contributed by atoms with van der Waals surface area (Å²) in [5, 5.41) is 10.0. The van der Waals surface area contributed by atoms with Gasteiger partial charge in [-0.2, -0.15) is 0 Å². The van der Waals surface area contributed by atoms with Crippen LogP contribution in [0.3, 0.4) is 0 Å². The van der Waals surface area contributed by atoms with Crippen molar-refractivity contribution in [3.05, 3.63) is 108 Å². The molecule has 4 heteroatoms. The highest BCUT2D eigenvalue weighted by atomic mass is 16.6. The number of rotatable bonds is 10. The molecular weight excluding hydrogens is 388 g/mol. The van der Waals surface area contributed by atoms with Crippen LogP contribution in [0.2, 0.25) is 0 Å². The van der Waals surface area contributed by atoms with Crippen LogP contribution in [0, 0.1) is 5.92 Å². The van der Waals surface area contributed by atoms with Crippen molar-refractivity contribution in [1.29, 1.82) is 0 Å². The van der Waals surface area contributed by atoms with Crippen molar-refractivity contribution in [1.82, 2.24) is 0 Å². The molecule has 162 valence electrons. The fourth-order valence-corrected chi connectivity index (χ4v) is 4.13. The van der Waals surface area contributed by atoms with Crippen LogP contribution in [-0.4, -0.2) is 30.0 Å². The van der Waals surface area contributed by atoms with Crippen molar-refractivity contribution in [3.8, 4) is 0 Å². The van der Waals surface area contributed by atoms with Crippen molar-refractivity contribution in [2.45, 2.75) is 44.6 Å². The number of hydrogen-bond acceptors (Lipinski definition) is 4. The standard InChI is InChI=1S/C27H30O4/c28-17-24-16-25(29-18-21-10-4-1-5-11-21)27(31-20-23-14-8-3-9-15-23)26(24)30-19-22-12-6-2-7-13-22/h1-15,24-28H,16-20H2/t24?,25-,26+,27+/m0/s1. The van der Waals surface area contributed by atoms with Crippen LogP contribution in [0.25, 0.3) is 0 Å². The molecule has 0 aliphatic heterocycles. The maximum atomic E-state index is 10.0. The summed E-state index contributed by atoms with van der Waals surface area (Å²) in [6, 6.07) is 30.4. The molecule has 0 radical (unpaired) electrons. The largest absolute Gasteiger partial charge is 0.396 e. The van der Waals surface area contributed by atoms with Crippen LogP contribution in [-0.2, 0) is 34.0 Å². The van der Waals surface area contributed by atoms with Gasteiger partial charge in [0.2, 0.25) is 0 Å². The van der Waals surface area contributed by atoms with Gasteiger partial charge in [-0.3, -0.25) is 0 Å². The monoisotopic (exact) mass is 418 g/mol. The van der Waals surface area contributed by atoms with Crippen LogP contribution in [0.4, 0.5) is 0 Å². The SMILES string of the molecule is OCC1C[C@H](OCc2ccccc2)[C@@H](OCc2ccccc2)[C@@H]1OCc1ccccc1. The van der Waals surface area contributed by atoms with Crippen molar-refractivity contribution in [2.75, 3.05) is 6.61 Å². The van der Waals surface area contributed by atoms with Crippen LogP contribution >= 0.6 is 0 Å². The van der Waals surface area contributed by atoms with Gasteiger partial charge in [0, 0.05) is 12.5 Å². The van der Waals surface area contributed by atoms with Crippen LogP contribution < -0.4 is 0 Å². The third-order valence-corrected chi connectivity index (χ3v) is 5.80. The summed E-state index contributed by atoms with van der Waals surface area (Å²) in [6.45, 7) is 1.54. The third kappa shape index (κ3) is 6.02. The number of ether oxygens (including phenoxy) is 3. The van der Waals surface area contributed by atoms with Crippen molar-refractivity contribution < 1.29 is 19.3 Å². The average molecular weight is 419 g/mol. The molecule has 1 aliphatic carbocycles. The molecule has 4 nitrogen and oxygen atoms in total. The molecule has 0 spiro atoms. The molecule has 4 rings (SSSR count). The van der Waals surface area contributed by atoms with Gasteiger partial charge < -0.3 is 19.3 Å². The lowest BCUT2D eigenvalue weighted by atomic mass is 10.1. The molecule has 31 heavy (non-hydrogen) atoms. The van der Waals surface area contributed by atoms with E-state index in [9.17, 15) is 5.11 Å². The van der Waals surface area contributed by atoms with Crippen molar-refractivity contribution >= 4 is 0 Å². The summed E-state index contributed by atoms with van der Waals surface area (Å²) in [6.07, 6.45) is 0.101. The highest BCUT2D eigenvalue weighted by molar-refractivity contribution is 5.15. The van der Waals surface area contributed by atoms with Gasteiger partial charge in [0.1, 0.15) is 6.10 Å². The molecular formula is C27H30O4. The quantitative estimate of drug-likeness (QED) is 0.516. The normalized spacial score (nSPS) is 23.1. The molecule has 0 heterocycles. The predicted octanol–water partition coefficient (Wildman–Crippen LogP) is 4.75. The van der Waals surface area contributed by atoms with E-state index in [1.165, 1.54) is 0 Å². The lowest BCUT2D eigenvalue weighted by Crippen LogP contribution is -2.37. The molecule has 4 atom stereocenters. The predicted molar refractivity (Wildman–Crippen MR) is 120 cm³/mol. The molecule has 0 amide bonds. The van der Waals surface area contributed by atoms with E-state index in [1.54, 1.807) is 0 Å². The molecule has 0 saturated heterocycles. The number of hydrogen-bond donors (Lipinski definition) is 1. The molecule has 1 unspecified atom stereocenters. The van der Waals surface area contributed by atoms with Gasteiger partial charge in [0.25, 0.3) is 0 Å². The van der Waals surface area contributed by atoms with E-state index in [1.807, 2.05) is 66.7 Å². The van der Waals surface area contributed by atoms with E-state index in [-0.39, 0.29) is 30.8 Å². The molecule has 0 aromatic heterocycles. The maximum Gasteiger partial charge on any atom is 0.111 e. The Balaban J connectivity index is 1.46. The zero-order valence-corrected chi connectivity index (χ0v) is 17.7. The van der Waals surface area contributed by atoms with Crippen LogP contribution in [0.15, 0.2) is 91.0 Å². The summed E-state index contributed by atoms with van der Waals surface area (Å²) < 4.78 is 19.0. The fraction of sp³-hybridized carbons (Fsp3) is 0.333. The van der Waals surface area contributed by atoms with E-state index in [0.717, 1.165) is 16.7 Å². The van der Waals surface area contributed by atoms with Gasteiger partial charge in [0.05, 0.1) is 32.0 Å². The molecule has 3 aromatic rings. The van der Waals surface area contributed by atoms with Gasteiger partial charge in [0.15, 0.2) is 0 Å². The first-order valence-corrected chi connectivity index (χ1v) is 10.9. The zero-order valence-electron chi connectivity index (χ0n) is 17.7. The van der Waals surface area contributed by atoms with E-state index >= 15 is 0 Å². The molecule has 0 bridgehead atoms. The lowest BCUT2D eigenvalue weighted by molar-refractivity contribution is -0.128. The molecule has 1 saturated carbocycles. The van der Waals surface area contributed by atoms with Gasteiger partial charge in [-0.05, 0) is 23.1 Å². The van der Waals surface area contributed by atoms with Crippen molar-refractivity contribution in [3.63, 3.8) is 0 Å². The first-order chi connectivity index (χ1) is 15.3. The minimum atomic E-state index is -0.246. The van der Waals surface area contributed by atoms with Gasteiger partial charge in [-0.25, -0.2) is 0 Å². The first kappa shape index (κ1) is 21.7. The maximum absolute atomic E-state index is 10.0. The Bertz CT molecular complexity index is 885. The topological polar surface area (TPSA) is 47.9 Å². The number of aliphatic hydroxyl groups excluding tert-OH is 1. The van der Waals surface area contributed by atoms with E-state index in [2.05, 4.69) is 24.3 Å². The van der Waals surface area contributed by atoms with E-state index < -0.39 is 0 Å². The Kier molecular flexibility index (Phi) is 7.86. The summed E-state index contributed by atoms with van der Waals surface area (Å²) in [4.78, 5) is 0. The Morgan fingerprint density at radius 3 is 1.45 bits per heavy atom. The third-order valence-electron chi connectivity index (χ3n) is 5.80.